The molecule has 4 aromatic rings. The topological polar surface area (TPSA) is 104 Å². The molecule has 42 heavy (non-hydrogen) atoms. The molecule has 1 saturated heterocycles. The Balaban J connectivity index is 0.000000208. The number of aromatic amines is 1. The number of carbonyl (C=O) groups excluding carboxylic acids is 2. The highest BCUT2D eigenvalue weighted by atomic mass is 19.1. The summed E-state index contributed by atoms with van der Waals surface area (Å²) in [4.78, 5) is 30.3. The summed E-state index contributed by atoms with van der Waals surface area (Å²) in [7, 11) is 4.08. The van der Waals surface area contributed by atoms with Gasteiger partial charge in [-0.05, 0) is 80.5 Å². The SMILES string of the molecule is Cc1ccc(CN(C)C)cc1NC(=O)CCc1c[nH]c2ccccc12.NC(=O)N1CCC(Oc2ccc(F)cc2)CC1. The maximum absolute atomic E-state index is 12.7. The number of para-hydroxylation sites is 1. The molecule has 3 amide bonds. The Morgan fingerprint density at radius 2 is 1.79 bits per heavy atom. The van der Waals surface area contributed by atoms with Crippen LogP contribution in [-0.2, 0) is 17.8 Å². The molecule has 4 N–H and O–H groups in total. The average molecular weight is 574 g/mol. The third kappa shape index (κ3) is 8.81. The number of piperidine rings is 1. The first-order valence-corrected chi connectivity index (χ1v) is 14.2. The number of amides is 3. The molecular formula is C33H40FN5O3. The Labute approximate surface area is 246 Å². The smallest absolute Gasteiger partial charge is 0.314 e. The summed E-state index contributed by atoms with van der Waals surface area (Å²) in [6.45, 7) is 4.11. The van der Waals surface area contributed by atoms with E-state index in [1.807, 2.05) is 39.3 Å². The van der Waals surface area contributed by atoms with E-state index in [0.717, 1.165) is 42.6 Å². The second-order valence-electron chi connectivity index (χ2n) is 10.9. The van der Waals surface area contributed by atoms with Gasteiger partial charge >= 0.3 is 6.03 Å². The van der Waals surface area contributed by atoms with Crippen molar-refractivity contribution in [2.45, 2.75) is 45.3 Å². The fourth-order valence-corrected chi connectivity index (χ4v) is 4.97. The second-order valence-corrected chi connectivity index (χ2v) is 10.9. The van der Waals surface area contributed by atoms with Gasteiger partial charge in [0, 0.05) is 61.7 Å². The molecular weight excluding hydrogens is 533 g/mol. The predicted octanol–water partition coefficient (Wildman–Crippen LogP) is 5.86. The Bertz CT molecular complexity index is 1480. The quantitative estimate of drug-likeness (QED) is 0.246. The van der Waals surface area contributed by atoms with Crippen LogP contribution in [0.2, 0.25) is 0 Å². The number of urea groups is 1. The monoisotopic (exact) mass is 573 g/mol. The van der Waals surface area contributed by atoms with Gasteiger partial charge in [-0.3, -0.25) is 4.79 Å². The molecule has 2 heterocycles. The fraction of sp³-hybridized carbons (Fsp3) is 0.333. The molecule has 0 saturated carbocycles. The number of nitrogens with zero attached hydrogens (tertiary/aromatic N) is 2. The van der Waals surface area contributed by atoms with Crippen LogP contribution in [0, 0.1) is 12.7 Å². The molecule has 1 fully saturated rings. The number of aryl methyl sites for hydroxylation is 2. The van der Waals surface area contributed by atoms with Crippen LogP contribution < -0.4 is 15.8 Å². The van der Waals surface area contributed by atoms with Gasteiger partial charge in [0.2, 0.25) is 5.91 Å². The molecule has 5 rings (SSSR count). The zero-order chi connectivity index (χ0) is 30.1. The predicted molar refractivity (Wildman–Crippen MR) is 165 cm³/mol. The van der Waals surface area contributed by atoms with Gasteiger partial charge in [-0.2, -0.15) is 0 Å². The third-order valence-electron chi connectivity index (χ3n) is 7.24. The van der Waals surface area contributed by atoms with Crippen LogP contribution in [0.5, 0.6) is 5.75 Å². The standard InChI is InChI=1S/C21H25N3O.C12H15FN2O2/c1-15-8-9-16(14-24(2)3)12-20(15)23-21(25)11-10-17-13-22-19-7-5-4-6-18(17)19;13-9-1-3-10(4-2-9)17-11-5-7-15(8-6-11)12(14)16/h4-9,12-13,22H,10-11,14H2,1-3H3,(H,23,25);1-4,11H,5-8H2,(H2,14,16). The lowest BCUT2D eigenvalue weighted by atomic mass is 10.1. The van der Waals surface area contributed by atoms with Gasteiger partial charge in [0.25, 0.3) is 0 Å². The summed E-state index contributed by atoms with van der Waals surface area (Å²) >= 11 is 0. The van der Waals surface area contributed by atoms with Crippen molar-refractivity contribution in [3.63, 3.8) is 0 Å². The molecule has 9 heteroatoms. The summed E-state index contributed by atoms with van der Waals surface area (Å²) < 4.78 is 18.4. The number of fused-ring (bicyclic) bond motifs is 1. The first kappa shape index (κ1) is 30.6. The lowest BCUT2D eigenvalue weighted by molar-refractivity contribution is -0.116. The van der Waals surface area contributed by atoms with Crippen LogP contribution in [-0.4, -0.2) is 60.0 Å². The maximum Gasteiger partial charge on any atom is 0.314 e. The molecule has 0 atom stereocenters. The molecule has 0 spiro atoms. The van der Waals surface area contributed by atoms with Crippen molar-refractivity contribution in [2.75, 3.05) is 32.5 Å². The van der Waals surface area contributed by atoms with Crippen molar-refractivity contribution in [3.05, 3.63) is 95.4 Å². The number of nitrogens with one attached hydrogen (secondary N) is 2. The van der Waals surface area contributed by atoms with Crippen LogP contribution in [0.4, 0.5) is 14.9 Å². The number of carbonyl (C=O) groups is 2. The first-order valence-electron chi connectivity index (χ1n) is 14.2. The maximum atomic E-state index is 12.7. The number of hydrogen-bond donors (Lipinski definition) is 3. The molecule has 1 aromatic heterocycles. The van der Waals surface area contributed by atoms with Gasteiger partial charge in [-0.15, -0.1) is 0 Å². The number of H-pyrrole nitrogens is 1. The molecule has 0 bridgehead atoms. The first-order chi connectivity index (χ1) is 20.2. The summed E-state index contributed by atoms with van der Waals surface area (Å²) in [5, 5.41) is 4.26. The number of hydrogen-bond acceptors (Lipinski definition) is 4. The van der Waals surface area contributed by atoms with Gasteiger partial charge in [-0.1, -0.05) is 30.3 Å². The van der Waals surface area contributed by atoms with Crippen molar-refractivity contribution in [2.24, 2.45) is 5.73 Å². The highest BCUT2D eigenvalue weighted by Gasteiger charge is 2.22. The van der Waals surface area contributed by atoms with Crippen LogP contribution in [0.25, 0.3) is 10.9 Å². The number of halogens is 1. The zero-order valence-corrected chi connectivity index (χ0v) is 24.5. The zero-order valence-electron chi connectivity index (χ0n) is 24.5. The molecule has 0 unspecified atom stereocenters. The normalized spacial score (nSPS) is 13.5. The van der Waals surface area contributed by atoms with E-state index in [1.165, 1.54) is 28.6 Å². The Kier molecular flexibility index (Phi) is 10.6. The van der Waals surface area contributed by atoms with E-state index < -0.39 is 0 Å². The van der Waals surface area contributed by atoms with Crippen molar-refractivity contribution < 1.29 is 18.7 Å². The molecule has 222 valence electrons. The van der Waals surface area contributed by atoms with E-state index in [4.69, 9.17) is 10.5 Å². The van der Waals surface area contributed by atoms with Crippen LogP contribution in [0.15, 0.2) is 72.9 Å². The fourth-order valence-electron chi connectivity index (χ4n) is 4.97. The van der Waals surface area contributed by atoms with Gasteiger partial charge in [0.05, 0.1) is 0 Å². The second kappa shape index (κ2) is 14.5. The van der Waals surface area contributed by atoms with Gasteiger partial charge in [0.1, 0.15) is 17.7 Å². The lowest BCUT2D eigenvalue weighted by Gasteiger charge is -2.30. The number of anilines is 1. The molecule has 1 aliphatic heterocycles. The van der Waals surface area contributed by atoms with Crippen molar-refractivity contribution >= 4 is 28.5 Å². The minimum Gasteiger partial charge on any atom is -0.490 e. The molecule has 3 aromatic carbocycles. The van der Waals surface area contributed by atoms with Crippen LogP contribution in [0.1, 0.15) is 36.0 Å². The summed E-state index contributed by atoms with van der Waals surface area (Å²) in [6, 6.07) is 20.0. The number of likely N-dealkylation sites (tertiary alicyclic amines) is 1. The van der Waals surface area contributed by atoms with Crippen molar-refractivity contribution in [1.82, 2.24) is 14.8 Å². The lowest BCUT2D eigenvalue weighted by Crippen LogP contribution is -2.44. The minimum absolute atomic E-state index is 0.0513. The van der Waals surface area contributed by atoms with E-state index >= 15 is 0 Å². The minimum atomic E-state index is -0.384. The molecule has 0 aliphatic carbocycles. The van der Waals surface area contributed by atoms with E-state index in [2.05, 4.69) is 45.5 Å². The highest BCUT2D eigenvalue weighted by molar-refractivity contribution is 5.92. The van der Waals surface area contributed by atoms with E-state index in [-0.39, 0.29) is 23.9 Å². The van der Waals surface area contributed by atoms with E-state index in [9.17, 15) is 14.0 Å². The molecule has 0 radical (unpaired) electrons. The Hall–Kier alpha value is -4.37. The Morgan fingerprint density at radius 3 is 2.48 bits per heavy atom. The Morgan fingerprint density at radius 1 is 1.07 bits per heavy atom. The number of benzene rings is 3. The summed E-state index contributed by atoms with van der Waals surface area (Å²) in [5.41, 5.74) is 10.7. The van der Waals surface area contributed by atoms with Gasteiger partial charge in [-0.25, -0.2) is 9.18 Å². The highest BCUT2D eigenvalue weighted by Crippen LogP contribution is 2.22. The van der Waals surface area contributed by atoms with Crippen molar-refractivity contribution in [1.29, 1.82) is 0 Å². The number of ether oxygens (including phenoxy) is 1. The molecule has 8 nitrogen and oxygen atoms in total. The van der Waals surface area contributed by atoms with Gasteiger partial charge < -0.3 is 30.6 Å². The number of rotatable bonds is 8. The van der Waals surface area contributed by atoms with E-state index in [1.54, 1.807) is 17.0 Å². The van der Waals surface area contributed by atoms with Crippen LogP contribution >= 0.6 is 0 Å². The summed E-state index contributed by atoms with van der Waals surface area (Å²) in [6.07, 6.45) is 4.77. The van der Waals surface area contributed by atoms with Crippen LogP contribution in [0.3, 0.4) is 0 Å². The number of primary amides is 1. The van der Waals surface area contributed by atoms with Crippen molar-refractivity contribution in [3.8, 4) is 5.75 Å². The number of aromatic nitrogens is 1. The molecule has 1 aliphatic rings. The van der Waals surface area contributed by atoms with Gasteiger partial charge in [0.15, 0.2) is 0 Å². The number of nitrogens with two attached hydrogens (primary N) is 1. The van der Waals surface area contributed by atoms with E-state index in [0.29, 0.717) is 25.3 Å². The largest absolute Gasteiger partial charge is 0.490 e. The average Bonchev–Trinajstić information content (AvgIpc) is 3.38. The summed E-state index contributed by atoms with van der Waals surface area (Å²) in [5.74, 6) is 0.431. The third-order valence-corrected chi connectivity index (χ3v) is 7.24.